The third-order valence-corrected chi connectivity index (χ3v) is 6.79. The normalized spacial score (nSPS) is 22.1. The zero-order chi connectivity index (χ0) is 24.4. The van der Waals surface area contributed by atoms with Crippen LogP contribution in [0, 0.1) is 5.92 Å². The molecule has 6 nitrogen and oxygen atoms in total. The first-order valence-electron chi connectivity index (χ1n) is 11.3. The second-order valence-corrected chi connectivity index (χ2v) is 8.95. The molecule has 0 amide bonds. The van der Waals surface area contributed by atoms with Gasteiger partial charge < -0.3 is 14.2 Å². The topological polar surface area (TPSA) is 74.2 Å². The number of carbonyl (C=O) groups is 2. The van der Waals surface area contributed by atoms with Gasteiger partial charge in [-0.15, -0.1) is 0 Å². The Morgan fingerprint density at radius 3 is 2.35 bits per heavy atom. The van der Waals surface area contributed by atoms with E-state index in [-0.39, 0.29) is 24.3 Å². The molecule has 1 unspecified atom stereocenters. The van der Waals surface area contributed by atoms with Crippen molar-refractivity contribution in [1.29, 1.82) is 0 Å². The van der Waals surface area contributed by atoms with Crippen molar-refractivity contribution in [2.75, 3.05) is 20.8 Å². The molecule has 0 radical (unpaired) electrons. The van der Waals surface area contributed by atoms with Gasteiger partial charge in [-0.1, -0.05) is 29.8 Å². The Bertz CT molecular complexity index is 1170. The molecule has 2 aromatic rings. The maximum absolute atomic E-state index is 13.6. The number of ether oxygens (including phenoxy) is 3. The number of methoxy groups -OCH3 is 2. The van der Waals surface area contributed by atoms with E-state index in [9.17, 15) is 9.59 Å². The van der Waals surface area contributed by atoms with Gasteiger partial charge in [-0.3, -0.25) is 14.6 Å². The molecule has 1 aliphatic heterocycles. The van der Waals surface area contributed by atoms with Crippen molar-refractivity contribution in [3.63, 3.8) is 0 Å². The summed E-state index contributed by atoms with van der Waals surface area (Å²) >= 11 is 6.05. The first-order chi connectivity index (χ1) is 16.4. The number of allylic oxidation sites excluding steroid dienone is 2. The van der Waals surface area contributed by atoms with Gasteiger partial charge in [0.15, 0.2) is 17.3 Å². The Morgan fingerprint density at radius 1 is 1.03 bits per heavy atom. The summed E-state index contributed by atoms with van der Waals surface area (Å²) in [7, 11) is 3.13. The van der Waals surface area contributed by atoms with E-state index in [0.717, 1.165) is 16.8 Å². The van der Waals surface area contributed by atoms with Gasteiger partial charge in [0.1, 0.15) is 5.92 Å². The number of Topliss-reactive ketones (excluding diaryl/α,β-unsaturated/α-hetero) is 1. The highest BCUT2D eigenvalue weighted by molar-refractivity contribution is 6.30. The van der Waals surface area contributed by atoms with Crippen LogP contribution in [0.25, 0.3) is 0 Å². The highest BCUT2D eigenvalue weighted by atomic mass is 35.5. The van der Waals surface area contributed by atoms with Crippen molar-refractivity contribution in [3.8, 4) is 11.5 Å². The number of halogens is 1. The number of benzene rings is 2. The van der Waals surface area contributed by atoms with Gasteiger partial charge in [-0.05, 0) is 61.6 Å². The Balaban J connectivity index is 1.82. The van der Waals surface area contributed by atoms with E-state index in [0.29, 0.717) is 40.6 Å². The molecule has 2 aliphatic rings. The molecule has 0 bridgehead atoms. The minimum Gasteiger partial charge on any atom is -0.493 e. The van der Waals surface area contributed by atoms with Gasteiger partial charge in [0.05, 0.1) is 20.8 Å². The summed E-state index contributed by atoms with van der Waals surface area (Å²) in [6.07, 6.45) is 0.952. The largest absolute Gasteiger partial charge is 0.493 e. The third-order valence-electron chi connectivity index (χ3n) is 6.54. The lowest BCUT2D eigenvalue weighted by molar-refractivity contribution is -0.146. The minimum absolute atomic E-state index is 0.00487. The molecule has 1 heterocycles. The molecule has 1 aliphatic carbocycles. The van der Waals surface area contributed by atoms with E-state index in [1.54, 1.807) is 27.2 Å². The molecule has 0 N–H and O–H groups in total. The minimum atomic E-state index is -0.687. The van der Waals surface area contributed by atoms with Crippen LogP contribution >= 0.6 is 11.6 Å². The quantitative estimate of drug-likeness (QED) is 0.509. The van der Waals surface area contributed by atoms with Crippen molar-refractivity contribution in [2.24, 2.45) is 10.9 Å². The Kier molecular flexibility index (Phi) is 7.08. The second kappa shape index (κ2) is 10.0. The molecule has 2 aromatic carbocycles. The van der Waals surface area contributed by atoms with Crippen molar-refractivity contribution < 1.29 is 23.8 Å². The maximum atomic E-state index is 13.6. The summed E-state index contributed by atoms with van der Waals surface area (Å²) in [5, 5.41) is 0.656. The number of esters is 1. The molecule has 34 heavy (non-hydrogen) atoms. The summed E-state index contributed by atoms with van der Waals surface area (Å²) in [4.78, 5) is 31.5. The van der Waals surface area contributed by atoms with Crippen LogP contribution in [0.5, 0.6) is 11.5 Å². The van der Waals surface area contributed by atoms with Gasteiger partial charge in [0.2, 0.25) is 0 Å². The molecular formula is C27H28ClNO5. The van der Waals surface area contributed by atoms with E-state index in [1.807, 2.05) is 43.3 Å². The fraction of sp³-hybridized carbons (Fsp3) is 0.370. The van der Waals surface area contributed by atoms with Crippen LogP contribution in [0.1, 0.15) is 49.7 Å². The highest BCUT2D eigenvalue weighted by Crippen LogP contribution is 2.48. The lowest BCUT2D eigenvalue weighted by atomic mass is 9.69. The fourth-order valence-corrected chi connectivity index (χ4v) is 5.10. The van der Waals surface area contributed by atoms with E-state index >= 15 is 0 Å². The second-order valence-electron chi connectivity index (χ2n) is 8.52. The maximum Gasteiger partial charge on any atom is 0.315 e. The Hall–Kier alpha value is -3.12. The lowest BCUT2D eigenvalue weighted by Gasteiger charge is -2.36. The van der Waals surface area contributed by atoms with Gasteiger partial charge in [0, 0.05) is 34.3 Å². The van der Waals surface area contributed by atoms with Crippen LogP contribution in [0.15, 0.2) is 58.7 Å². The van der Waals surface area contributed by atoms with Gasteiger partial charge in [-0.2, -0.15) is 0 Å². The standard InChI is InChI=1S/C27H28ClNO5/c1-5-34-27(31)24-15(2)29-20-12-18(16-6-9-19(28)10-7-16)13-21(30)26(20)25(24)17-8-11-22(32-3)23(14-17)33-4/h6-11,14,18,24-25H,5,12-13H2,1-4H3/t18-,24?,25-/m1/s1. The number of carbonyl (C=O) groups excluding carboxylic acids is 2. The van der Waals surface area contributed by atoms with Crippen LogP contribution in [0.3, 0.4) is 0 Å². The van der Waals surface area contributed by atoms with E-state index in [4.69, 9.17) is 30.8 Å². The first kappa shape index (κ1) is 24.0. The van der Waals surface area contributed by atoms with Crippen LogP contribution in [0.4, 0.5) is 0 Å². The van der Waals surface area contributed by atoms with Crippen LogP contribution in [0.2, 0.25) is 5.02 Å². The van der Waals surface area contributed by atoms with Crippen LogP contribution in [-0.2, 0) is 14.3 Å². The average Bonchev–Trinajstić information content (AvgIpc) is 2.83. The van der Waals surface area contributed by atoms with Crippen LogP contribution < -0.4 is 9.47 Å². The fourth-order valence-electron chi connectivity index (χ4n) is 4.97. The Morgan fingerprint density at radius 2 is 1.71 bits per heavy atom. The number of nitrogens with zero attached hydrogens (tertiary/aromatic N) is 1. The molecular weight excluding hydrogens is 454 g/mol. The summed E-state index contributed by atoms with van der Waals surface area (Å²) in [6, 6.07) is 13.1. The number of rotatable bonds is 6. The molecule has 7 heteroatoms. The van der Waals surface area contributed by atoms with Crippen molar-refractivity contribution in [3.05, 3.63) is 69.9 Å². The summed E-state index contributed by atoms with van der Waals surface area (Å²) in [6.45, 7) is 3.85. The van der Waals surface area contributed by atoms with Crippen molar-refractivity contribution in [1.82, 2.24) is 0 Å². The summed E-state index contributed by atoms with van der Waals surface area (Å²) < 4.78 is 16.3. The number of aliphatic imine (C=N–C) groups is 1. The monoisotopic (exact) mass is 481 g/mol. The van der Waals surface area contributed by atoms with Crippen molar-refractivity contribution >= 4 is 29.1 Å². The van der Waals surface area contributed by atoms with Crippen LogP contribution in [-0.4, -0.2) is 38.3 Å². The summed E-state index contributed by atoms with van der Waals surface area (Å²) in [5.41, 5.74) is 3.79. The molecule has 0 aromatic heterocycles. The Labute approximate surface area is 204 Å². The predicted molar refractivity (Wildman–Crippen MR) is 131 cm³/mol. The summed E-state index contributed by atoms with van der Waals surface area (Å²) in [5.74, 6) is -0.475. The number of hydrogen-bond donors (Lipinski definition) is 0. The molecule has 0 spiro atoms. The molecule has 0 fully saturated rings. The van der Waals surface area contributed by atoms with Gasteiger partial charge in [-0.25, -0.2) is 0 Å². The number of hydrogen-bond acceptors (Lipinski definition) is 6. The SMILES string of the molecule is CCOC(=O)C1C(C)=NC2=C(C(=O)C[C@H](c3ccc(Cl)cc3)C2)[C@@H]1c1ccc(OC)c(OC)c1. The molecule has 0 saturated heterocycles. The third kappa shape index (κ3) is 4.47. The molecule has 0 saturated carbocycles. The predicted octanol–water partition coefficient (Wildman–Crippen LogP) is 5.50. The molecule has 3 atom stereocenters. The lowest BCUT2D eigenvalue weighted by Crippen LogP contribution is -2.38. The van der Waals surface area contributed by atoms with E-state index in [2.05, 4.69) is 0 Å². The van der Waals surface area contributed by atoms with E-state index in [1.165, 1.54) is 0 Å². The number of ketones is 1. The highest BCUT2D eigenvalue weighted by Gasteiger charge is 2.45. The van der Waals surface area contributed by atoms with Gasteiger partial charge in [0.25, 0.3) is 0 Å². The average molecular weight is 482 g/mol. The van der Waals surface area contributed by atoms with Gasteiger partial charge >= 0.3 is 5.97 Å². The van der Waals surface area contributed by atoms with Crippen molar-refractivity contribution in [2.45, 2.75) is 38.5 Å². The zero-order valence-electron chi connectivity index (χ0n) is 19.8. The molecule has 178 valence electrons. The smallest absolute Gasteiger partial charge is 0.315 e. The first-order valence-corrected chi connectivity index (χ1v) is 11.7. The zero-order valence-corrected chi connectivity index (χ0v) is 20.5. The molecule has 4 rings (SSSR count). The van der Waals surface area contributed by atoms with E-state index < -0.39 is 11.8 Å².